The highest BCUT2D eigenvalue weighted by atomic mass is 16.3. The molecule has 0 radical (unpaired) electrons. The molecule has 1 aliphatic rings. The molecule has 0 atom stereocenters. The number of hydrogen-bond donors (Lipinski definition) is 2. The summed E-state index contributed by atoms with van der Waals surface area (Å²) in [7, 11) is 1.59. The lowest BCUT2D eigenvalue weighted by atomic mass is 9.95. The van der Waals surface area contributed by atoms with Gasteiger partial charge in [0, 0.05) is 12.6 Å². The molecule has 0 unspecified atom stereocenters. The molecule has 0 aliphatic carbocycles. The molecule has 124 valence electrons. The number of furan rings is 1. The van der Waals surface area contributed by atoms with Gasteiger partial charge in [-0.05, 0) is 30.3 Å². The molecule has 0 fully saturated rings. The standard InChI is InChI=1S/C18H13N3O4/c1-21-13-7-3-2-6-11(13)16(22)14(18(21)24)15-12(17(23)20-19-15)9-10-5-4-8-25-10/h2-9,19H,1H3,(H,20,23)/b12-9-,15-14+. The van der Waals surface area contributed by atoms with Crippen molar-refractivity contribution in [3.63, 3.8) is 0 Å². The molecule has 1 aromatic carbocycles. The highest BCUT2D eigenvalue weighted by molar-refractivity contribution is 6.51. The number of H-pyrrole nitrogens is 2. The normalized spacial score (nSPS) is 17.2. The Kier molecular flexibility index (Phi) is 3.28. The molecule has 3 heterocycles. The fourth-order valence-corrected chi connectivity index (χ4v) is 2.91. The van der Waals surface area contributed by atoms with Crippen LogP contribution in [0.15, 0.2) is 51.9 Å². The summed E-state index contributed by atoms with van der Waals surface area (Å²) in [5, 5.41) is 5.40. The fourth-order valence-electron chi connectivity index (χ4n) is 2.91. The molecule has 2 N–H and O–H groups in total. The number of carbonyl (C=O) groups excluding carboxylic acids is 2. The second kappa shape index (κ2) is 5.48. The molecule has 2 aromatic heterocycles. The third-order valence-electron chi connectivity index (χ3n) is 4.15. The minimum Gasteiger partial charge on any atom is -0.465 e. The number of benzene rings is 1. The number of ketones is 1. The lowest BCUT2D eigenvalue weighted by molar-refractivity contribution is -0.113. The third kappa shape index (κ3) is 2.25. The molecule has 25 heavy (non-hydrogen) atoms. The number of amides is 1. The van der Waals surface area contributed by atoms with Gasteiger partial charge in [-0.3, -0.25) is 24.6 Å². The van der Waals surface area contributed by atoms with E-state index in [0.717, 1.165) is 0 Å². The quantitative estimate of drug-likeness (QED) is 0.660. The number of anilines is 1. The van der Waals surface area contributed by atoms with E-state index in [0.29, 0.717) is 17.0 Å². The van der Waals surface area contributed by atoms with Gasteiger partial charge in [-0.15, -0.1) is 0 Å². The van der Waals surface area contributed by atoms with Gasteiger partial charge in [0.2, 0.25) is 5.78 Å². The number of aromatic nitrogens is 2. The van der Waals surface area contributed by atoms with Crippen LogP contribution >= 0.6 is 0 Å². The average Bonchev–Trinajstić information content (AvgIpc) is 3.25. The Morgan fingerprint density at radius 1 is 1.04 bits per heavy atom. The number of aromatic amines is 2. The summed E-state index contributed by atoms with van der Waals surface area (Å²) in [4.78, 5) is 39.2. The first-order valence-corrected chi connectivity index (χ1v) is 7.56. The molecule has 3 aromatic rings. The summed E-state index contributed by atoms with van der Waals surface area (Å²) < 4.78 is 5.22. The van der Waals surface area contributed by atoms with E-state index in [1.165, 1.54) is 17.2 Å². The van der Waals surface area contributed by atoms with Gasteiger partial charge >= 0.3 is 0 Å². The van der Waals surface area contributed by atoms with Crippen LogP contribution in [0.2, 0.25) is 0 Å². The predicted octanol–water partition coefficient (Wildman–Crippen LogP) is 0.135. The summed E-state index contributed by atoms with van der Waals surface area (Å²) in [6.45, 7) is 0. The number of hydrogen-bond acceptors (Lipinski definition) is 4. The Morgan fingerprint density at radius 2 is 1.84 bits per heavy atom. The summed E-state index contributed by atoms with van der Waals surface area (Å²) in [5.74, 6) is -0.465. The maximum absolute atomic E-state index is 12.9. The highest BCUT2D eigenvalue weighted by Crippen LogP contribution is 2.28. The van der Waals surface area contributed by atoms with E-state index >= 15 is 0 Å². The largest absolute Gasteiger partial charge is 0.465 e. The van der Waals surface area contributed by atoms with Crippen LogP contribution in [0.5, 0.6) is 0 Å². The number of nitrogens with zero attached hydrogens (tertiary/aromatic N) is 1. The Labute approximate surface area is 140 Å². The second-order valence-corrected chi connectivity index (χ2v) is 5.61. The topological polar surface area (TPSA) is 99.2 Å². The first-order chi connectivity index (χ1) is 12.1. The molecule has 0 spiro atoms. The molecule has 7 heteroatoms. The zero-order valence-corrected chi connectivity index (χ0v) is 13.2. The van der Waals surface area contributed by atoms with Crippen LogP contribution in [0.3, 0.4) is 0 Å². The molecular weight excluding hydrogens is 322 g/mol. The van der Waals surface area contributed by atoms with Crippen molar-refractivity contribution in [2.75, 3.05) is 11.9 Å². The van der Waals surface area contributed by atoms with Crippen LogP contribution in [0.4, 0.5) is 5.69 Å². The lowest BCUT2D eigenvalue weighted by Crippen LogP contribution is -2.44. The van der Waals surface area contributed by atoms with Crippen LogP contribution in [-0.2, 0) is 4.79 Å². The van der Waals surface area contributed by atoms with Crippen molar-refractivity contribution in [2.24, 2.45) is 0 Å². The van der Waals surface area contributed by atoms with Crippen molar-refractivity contribution in [1.82, 2.24) is 10.2 Å². The van der Waals surface area contributed by atoms with E-state index in [9.17, 15) is 14.4 Å². The molecule has 0 bridgehead atoms. The van der Waals surface area contributed by atoms with E-state index in [2.05, 4.69) is 10.2 Å². The number of para-hydroxylation sites is 1. The smallest absolute Gasteiger partial charge is 0.271 e. The van der Waals surface area contributed by atoms with Crippen LogP contribution in [0, 0.1) is 0 Å². The summed E-state index contributed by atoms with van der Waals surface area (Å²) in [6.07, 6.45) is 2.96. The van der Waals surface area contributed by atoms with Gasteiger partial charge in [0.05, 0.1) is 22.5 Å². The van der Waals surface area contributed by atoms with Gasteiger partial charge in [-0.1, -0.05) is 12.1 Å². The zero-order chi connectivity index (χ0) is 17.6. The first-order valence-electron chi connectivity index (χ1n) is 7.56. The Hall–Kier alpha value is -3.61. The SMILES string of the molecule is CN1C(=O)/C(=c2/[nH][nH]c(=O)/c2=C\c2ccco2)C(=O)c2ccccc21. The number of Topliss-reactive ketones (excluding diaryl/α,β-unsaturated/α-hetero) is 1. The molecular formula is C18H13N3O4. The van der Waals surface area contributed by atoms with E-state index in [1.54, 1.807) is 43.4 Å². The molecule has 1 amide bonds. The van der Waals surface area contributed by atoms with Crippen molar-refractivity contribution < 1.29 is 14.0 Å². The number of fused-ring (bicyclic) bond motifs is 1. The minimum atomic E-state index is -0.479. The van der Waals surface area contributed by atoms with Crippen molar-refractivity contribution >= 4 is 29.0 Å². The Balaban J connectivity index is 2.07. The molecule has 4 rings (SSSR count). The minimum absolute atomic E-state index is 0.0858. The molecule has 0 saturated carbocycles. The van der Waals surface area contributed by atoms with Crippen LogP contribution < -0.4 is 21.0 Å². The zero-order valence-electron chi connectivity index (χ0n) is 13.2. The summed E-state index contributed by atoms with van der Waals surface area (Å²) in [5.41, 5.74) is 0.416. The molecule has 7 nitrogen and oxygen atoms in total. The monoisotopic (exact) mass is 335 g/mol. The Bertz CT molecular complexity index is 1170. The van der Waals surface area contributed by atoms with Crippen molar-refractivity contribution in [3.05, 3.63) is 74.9 Å². The fraction of sp³-hybridized carbons (Fsp3) is 0.0556. The van der Waals surface area contributed by atoms with Crippen molar-refractivity contribution in [3.8, 4) is 0 Å². The number of nitrogens with one attached hydrogen (secondary N) is 2. The van der Waals surface area contributed by atoms with Gasteiger partial charge in [0.15, 0.2) is 0 Å². The summed E-state index contributed by atoms with van der Waals surface area (Å²) >= 11 is 0. The van der Waals surface area contributed by atoms with E-state index in [4.69, 9.17) is 4.42 Å². The number of rotatable bonds is 1. The van der Waals surface area contributed by atoms with Crippen LogP contribution in [-0.4, -0.2) is 28.9 Å². The first kappa shape index (κ1) is 14.9. The molecule has 0 saturated heterocycles. The van der Waals surface area contributed by atoms with Gasteiger partial charge in [0.25, 0.3) is 11.5 Å². The third-order valence-corrected chi connectivity index (χ3v) is 4.15. The lowest BCUT2D eigenvalue weighted by Gasteiger charge is -2.25. The van der Waals surface area contributed by atoms with E-state index in [-0.39, 0.29) is 16.1 Å². The van der Waals surface area contributed by atoms with E-state index < -0.39 is 17.2 Å². The second-order valence-electron chi connectivity index (χ2n) is 5.61. The van der Waals surface area contributed by atoms with Crippen molar-refractivity contribution in [2.45, 2.75) is 0 Å². The number of carbonyl (C=O) groups is 2. The maximum Gasteiger partial charge on any atom is 0.271 e. The van der Waals surface area contributed by atoms with Gasteiger partial charge < -0.3 is 9.32 Å². The van der Waals surface area contributed by atoms with Gasteiger partial charge in [-0.2, -0.15) is 0 Å². The van der Waals surface area contributed by atoms with Crippen LogP contribution in [0.25, 0.3) is 11.6 Å². The van der Waals surface area contributed by atoms with Gasteiger partial charge in [0.1, 0.15) is 11.3 Å². The molecule has 1 aliphatic heterocycles. The summed E-state index contributed by atoms with van der Waals surface area (Å²) in [6, 6.07) is 10.2. The van der Waals surface area contributed by atoms with Crippen molar-refractivity contribution in [1.29, 1.82) is 0 Å². The highest BCUT2D eigenvalue weighted by Gasteiger charge is 2.33. The Morgan fingerprint density at radius 3 is 2.60 bits per heavy atom. The van der Waals surface area contributed by atoms with Crippen LogP contribution in [0.1, 0.15) is 16.1 Å². The van der Waals surface area contributed by atoms with Gasteiger partial charge in [-0.25, -0.2) is 0 Å². The average molecular weight is 335 g/mol. The predicted molar refractivity (Wildman–Crippen MR) is 90.5 cm³/mol. The maximum atomic E-state index is 12.9. The van der Waals surface area contributed by atoms with E-state index in [1.807, 2.05) is 0 Å².